The molecule has 0 bridgehead atoms. The fraction of sp³-hybridized carbons (Fsp3) is 0.222. The lowest BCUT2D eigenvalue weighted by Crippen LogP contribution is -1.87. The van der Waals surface area contributed by atoms with Crippen molar-refractivity contribution in [1.29, 1.82) is 0 Å². The average Bonchev–Trinajstić information content (AvgIpc) is 2.07. The zero-order chi connectivity index (χ0) is 8.10. The molecule has 0 saturated heterocycles. The van der Waals surface area contributed by atoms with Crippen molar-refractivity contribution >= 4 is 6.29 Å². The smallest absolute Gasteiger partial charge is 0.124 e. The summed E-state index contributed by atoms with van der Waals surface area (Å²) in [6.45, 7) is 0.0569. The van der Waals surface area contributed by atoms with E-state index in [1.807, 2.05) is 24.3 Å². The molecule has 0 aliphatic carbocycles. The molecule has 2 heteroatoms. The van der Waals surface area contributed by atoms with E-state index < -0.39 is 0 Å². The molecule has 0 spiro atoms. The van der Waals surface area contributed by atoms with Crippen molar-refractivity contribution in [3.05, 3.63) is 35.4 Å². The number of carbonyl (C=O) groups excluding carboxylic acids is 1. The van der Waals surface area contributed by atoms with Gasteiger partial charge in [0.2, 0.25) is 0 Å². The molecule has 2 nitrogen and oxygen atoms in total. The molecule has 1 aromatic rings. The van der Waals surface area contributed by atoms with Crippen LogP contribution in [0.4, 0.5) is 0 Å². The highest BCUT2D eigenvalue weighted by atomic mass is 16.3. The Labute approximate surface area is 65.5 Å². The maximum Gasteiger partial charge on any atom is 0.124 e. The molecule has 11 heavy (non-hydrogen) atoms. The Balaban J connectivity index is 2.74. The van der Waals surface area contributed by atoms with Crippen LogP contribution in [0, 0.1) is 0 Å². The molecule has 0 aromatic heterocycles. The van der Waals surface area contributed by atoms with Crippen LogP contribution in [0.1, 0.15) is 11.1 Å². The van der Waals surface area contributed by atoms with Crippen molar-refractivity contribution in [2.24, 2.45) is 0 Å². The highest BCUT2D eigenvalue weighted by Gasteiger charge is 1.91. The molecule has 1 aromatic carbocycles. The van der Waals surface area contributed by atoms with Gasteiger partial charge in [-0.1, -0.05) is 24.3 Å². The van der Waals surface area contributed by atoms with Gasteiger partial charge in [-0.15, -0.1) is 0 Å². The Morgan fingerprint density at radius 1 is 1.18 bits per heavy atom. The summed E-state index contributed by atoms with van der Waals surface area (Å²) in [5, 5.41) is 8.69. The van der Waals surface area contributed by atoms with E-state index in [4.69, 9.17) is 5.11 Å². The molecule has 1 N–H and O–H groups in total. The minimum atomic E-state index is 0.0569. The minimum absolute atomic E-state index is 0.0569. The summed E-state index contributed by atoms with van der Waals surface area (Å²) in [4.78, 5) is 10.1. The highest BCUT2D eigenvalue weighted by molar-refractivity contribution is 5.54. The fourth-order valence-corrected chi connectivity index (χ4v) is 0.877. The maximum atomic E-state index is 10.1. The normalized spacial score (nSPS) is 9.55. The van der Waals surface area contributed by atoms with Crippen molar-refractivity contribution in [2.75, 3.05) is 0 Å². The van der Waals surface area contributed by atoms with Gasteiger partial charge in [-0.3, -0.25) is 0 Å². The van der Waals surface area contributed by atoms with Gasteiger partial charge >= 0.3 is 0 Å². The lowest BCUT2D eigenvalue weighted by atomic mass is 10.1. The molecule has 0 heterocycles. The van der Waals surface area contributed by atoms with Gasteiger partial charge in [0, 0.05) is 6.42 Å². The van der Waals surface area contributed by atoms with E-state index in [-0.39, 0.29) is 6.61 Å². The average molecular weight is 150 g/mol. The first-order valence-corrected chi connectivity index (χ1v) is 3.49. The molecule has 0 radical (unpaired) electrons. The zero-order valence-electron chi connectivity index (χ0n) is 6.16. The lowest BCUT2D eigenvalue weighted by Gasteiger charge is -1.96. The van der Waals surface area contributed by atoms with E-state index in [0.29, 0.717) is 6.42 Å². The van der Waals surface area contributed by atoms with Gasteiger partial charge in [-0.25, -0.2) is 0 Å². The summed E-state index contributed by atoms with van der Waals surface area (Å²) in [7, 11) is 0. The lowest BCUT2D eigenvalue weighted by molar-refractivity contribution is -0.107. The third-order valence-corrected chi connectivity index (χ3v) is 1.52. The summed E-state index contributed by atoms with van der Waals surface area (Å²) in [5.41, 5.74) is 1.86. The molecule has 0 aliphatic heterocycles. The van der Waals surface area contributed by atoms with Crippen LogP contribution in [-0.4, -0.2) is 11.4 Å². The summed E-state index contributed by atoms with van der Waals surface area (Å²) in [6.07, 6.45) is 1.32. The second-order valence-corrected chi connectivity index (χ2v) is 2.35. The van der Waals surface area contributed by atoms with Crippen LogP contribution in [0.3, 0.4) is 0 Å². The molecule has 58 valence electrons. The summed E-state index contributed by atoms with van der Waals surface area (Å²) >= 11 is 0. The zero-order valence-corrected chi connectivity index (χ0v) is 6.16. The maximum absolute atomic E-state index is 10.1. The molecule has 0 amide bonds. The molecule has 0 unspecified atom stereocenters. The van der Waals surface area contributed by atoms with Crippen LogP contribution in [0.15, 0.2) is 24.3 Å². The number of aliphatic hydroxyl groups is 1. The Morgan fingerprint density at radius 3 is 2.18 bits per heavy atom. The molecule has 0 atom stereocenters. The van der Waals surface area contributed by atoms with Crippen LogP contribution < -0.4 is 0 Å². The van der Waals surface area contributed by atoms with Crippen molar-refractivity contribution in [2.45, 2.75) is 13.0 Å². The van der Waals surface area contributed by atoms with E-state index in [1.54, 1.807) is 0 Å². The van der Waals surface area contributed by atoms with Crippen molar-refractivity contribution in [3.63, 3.8) is 0 Å². The second kappa shape index (κ2) is 3.88. The molecular weight excluding hydrogens is 140 g/mol. The largest absolute Gasteiger partial charge is 0.392 e. The number of rotatable bonds is 3. The van der Waals surface area contributed by atoms with Gasteiger partial charge in [0.15, 0.2) is 0 Å². The first-order valence-electron chi connectivity index (χ1n) is 3.49. The number of carbonyl (C=O) groups is 1. The van der Waals surface area contributed by atoms with E-state index >= 15 is 0 Å². The number of aldehydes is 1. The monoisotopic (exact) mass is 150 g/mol. The molecule has 0 saturated carbocycles. The van der Waals surface area contributed by atoms with E-state index in [2.05, 4.69) is 0 Å². The Morgan fingerprint density at radius 2 is 1.73 bits per heavy atom. The number of hydrogen-bond donors (Lipinski definition) is 1. The minimum Gasteiger partial charge on any atom is -0.392 e. The summed E-state index contributed by atoms with van der Waals surface area (Å²) in [6, 6.07) is 7.33. The van der Waals surface area contributed by atoms with Crippen molar-refractivity contribution in [3.8, 4) is 0 Å². The van der Waals surface area contributed by atoms with E-state index in [9.17, 15) is 4.79 Å². The van der Waals surface area contributed by atoms with Gasteiger partial charge in [-0.2, -0.15) is 0 Å². The van der Waals surface area contributed by atoms with Gasteiger partial charge < -0.3 is 9.90 Å². The first-order chi connectivity index (χ1) is 5.36. The molecule has 0 aliphatic rings. The van der Waals surface area contributed by atoms with E-state index in [1.165, 1.54) is 0 Å². The first kappa shape index (κ1) is 7.95. The molecule has 1 rings (SSSR count). The molecular formula is C9H10O2. The SMILES string of the molecule is O=CCc1ccc(CO)cc1. The topological polar surface area (TPSA) is 37.3 Å². The summed E-state index contributed by atoms with van der Waals surface area (Å²) in [5.74, 6) is 0. The van der Waals surface area contributed by atoms with Crippen LogP contribution in [-0.2, 0) is 17.8 Å². The van der Waals surface area contributed by atoms with E-state index in [0.717, 1.165) is 17.4 Å². The fourth-order valence-electron chi connectivity index (χ4n) is 0.877. The standard InChI is InChI=1S/C9H10O2/c10-6-5-8-1-3-9(7-11)4-2-8/h1-4,6,11H,5,7H2. The highest BCUT2D eigenvalue weighted by Crippen LogP contribution is 2.03. The number of aliphatic hydroxyl groups excluding tert-OH is 1. The Hall–Kier alpha value is -1.15. The van der Waals surface area contributed by atoms with Gasteiger partial charge in [0.1, 0.15) is 6.29 Å². The van der Waals surface area contributed by atoms with Crippen molar-refractivity contribution < 1.29 is 9.90 Å². The predicted molar refractivity (Wildman–Crippen MR) is 42.1 cm³/mol. The third kappa shape index (κ3) is 2.16. The predicted octanol–water partition coefficient (Wildman–Crippen LogP) is 0.920. The quantitative estimate of drug-likeness (QED) is 0.650. The van der Waals surface area contributed by atoms with Crippen LogP contribution in [0.2, 0.25) is 0 Å². The van der Waals surface area contributed by atoms with Crippen molar-refractivity contribution in [1.82, 2.24) is 0 Å². The Bertz CT molecular complexity index is 226. The van der Waals surface area contributed by atoms with Gasteiger partial charge in [-0.05, 0) is 11.1 Å². The van der Waals surface area contributed by atoms with Gasteiger partial charge in [0.25, 0.3) is 0 Å². The van der Waals surface area contributed by atoms with Crippen LogP contribution in [0.25, 0.3) is 0 Å². The summed E-state index contributed by atoms with van der Waals surface area (Å²) < 4.78 is 0. The number of benzene rings is 1. The van der Waals surface area contributed by atoms with Crippen LogP contribution in [0.5, 0.6) is 0 Å². The third-order valence-electron chi connectivity index (χ3n) is 1.52. The number of hydrogen-bond acceptors (Lipinski definition) is 2. The van der Waals surface area contributed by atoms with Gasteiger partial charge in [0.05, 0.1) is 6.61 Å². The second-order valence-electron chi connectivity index (χ2n) is 2.35. The molecule has 0 fully saturated rings. The Kier molecular flexibility index (Phi) is 2.81. The van der Waals surface area contributed by atoms with Crippen LogP contribution >= 0.6 is 0 Å².